The molecule has 0 saturated carbocycles. The molecule has 23 heavy (non-hydrogen) atoms. The largest absolute Gasteiger partial charge is 0.591 e. The highest BCUT2D eigenvalue weighted by molar-refractivity contribution is 7.91. The first-order chi connectivity index (χ1) is 10.8. The van der Waals surface area contributed by atoms with Crippen molar-refractivity contribution >= 4 is 17.6 Å². The van der Waals surface area contributed by atoms with Gasteiger partial charge < -0.3 is 4.55 Å². The Hall–Kier alpha value is -1.65. The maximum absolute atomic E-state index is 12.0. The first-order valence-corrected chi connectivity index (χ1v) is 8.92. The fourth-order valence-corrected chi connectivity index (χ4v) is 2.64. The Morgan fingerprint density at radius 2 is 1.96 bits per heavy atom. The molecule has 4 heteroatoms. The molecular formula is C19H24N2OS. The molecule has 0 fully saturated rings. The predicted molar refractivity (Wildman–Crippen MR) is 98.3 cm³/mol. The monoisotopic (exact) mass is 328 g/mol. The summed E-state index contributed by atoms with van der Waals surface area (Å²) in [6.45, 7) is 7.85. The summed E-state index contributed by atoms with van der Waals surface area (Å²) in [4.78, 5) is 4.40. The van der Waals surface area contributed by atoms with Crippen LogP contribution in [0.15, 0.2) is 47.0 Å². The van der Waals surface area contributed by atoms with Gasteiger partial charge in [-0.3, -0.25) is 4.98 Å². The number of rotatable bonds is 5. The van der Waals surface area contributed by atoms with Crippen LogP contribution in [0.3, 0.4) is 0 Å². The molecule has 1 aromatic heterocycles. The van der Waals surface area contributed by atoms with Gasteiger partial charge in [0.2, 0.25) is 0 Å². The van der Waals surface area contributed by atoms with Gasteiger partial charge in [0, 0.05) is 11.9 Å². The van der Waals surface area contributed by atoms with Crippen molar-refractivity contribution in [3.8, 4) is 0 Å². The molecule has 1 heterocycles. The van der Waals surface area contributed by atoms with Gasteiger partial charge in [0.1, 0.15) is 16.1 Å². The van der Waals surface area contributed by atoms with Crippen LogP contribution in [0, 0.1) is 6.92 Å². The Morgan fingerprint density at radius 1 is 1.17 bits per heavy atom. The molecule has 1 aromatic carbocycles. The summed E-state index contributed by atoms with van der Waals surface area (Å²) in [5.41, 5.74) is 4.56. The molecule has 122 valence electrons. The minimum absolute atomic E-state index is 0.328. The van der Waals surface area contributed by atoms with Crippen molar-refractivity contribution in [2.45, 2.75) is 45.3 Å². The average Bonchev–Trinajstić information content (AvgIpc) is 2.50. The summed E-state index contributed by atoms with van der Waals surface area (Å²) < 4.78 is 15.8. The maximum atomic E-state index is 12.0. The lowest BCUT2D eigenvalue weighted by Gasteiger charge is -2.17. The van der Waals surface area contributed by atoms with E-state index in [2.05, 4.69) is 34.5 Å². The second-order valence-corrected chi connectivity index (χ2v) is 8.60. The molecule has 2 aromatic rings. The first kappa shape index (κ1) is 17.7. The maximum Gasteiger partial charge on any atom is 0.144 e. The van der Waals surface area contributed by atoms with E-state index < -0.39 is 11.4 Å². The minimum Gasteiger partial charge on any atom is -0.591 e. The second kappa shape index (κ2) is 7.75. The SMILES string of the molecule is Cc1ccnc(CCc2cccc(/C=N/[S+]([O-])C(C)(C)C)c2)c1. The van der Waals surface area contributed by atoms with Gasteiger partial charge in [-0.1, -0.05) is 28.7 Å². The molecular weight excluding hydrogens is 304 g/mol. The fraction of sp³-hybridized carbons (Fsp3) is 0.368. The third-order valence-electron chi connectivity index (χ3n) is 3.41. The average molecular weight is 328 g/mol. The molecule has 1 unspecified atom stereocenters. The van der Waals surface area contributed by atoms with Crippen LogP contribution < -0.4 is 0 Å². The molecule has 0 N–H and O–H groups in total. The van der Waals surface area contributed by atoms with E-state index >= 15 is 0 Å². The lowest BCUT2D eigenvalue weighted by Crippen LogP contribution is -2.25. The summed E-state index contributed by atoms with van der Waals surface area (Å²) in [6, 6.07) is 12.3. The fourth-order valence-electron chi connectivity index (χ4n) is 2.10. The van der Waals surface area contributed by atoms with E-state index in [4.69, 9.17) is 0 Å². The van der Waals surface area contributed by atoms with Crippen LogP contribution in [-0.4, -0.2) is 20.5 Å². The van der Waals surface area contributed by atoms with Crippen LogP contribution in [0.1, 0.15) is 43.2 Å². The summed E-state index contributed by atoms with van der Waals surface area (Å²) in [5.74, 6) is 0. The van der Waals surface area contributed by atoms with E-state index in [1.807, 2.05) is 45.2 Å². The van der Waals surface area contributed by atoms with E-state index in [0.717, 1.165) is 24.1 Å². The zero-order chi connectivity index (χ0) is 16.9. The van der Waals surface area contributed by atoms with E-state index in [1.165, 1.54) is 11.1 Å². The highest BCUT2D eigenvalue weighted by atomic mass is 32.2. The van der Waals surface area contributed by atoms with Crippen LogP contribution in [0.25, 0.3) is 0 Å². The molecule has 2 rings (SSSR count). The van der Waals surface area contributed by atoms with E-state index in [-0.39, 0.29) is 4.75 Å². The number of aryl methyl sites for hydroxylation is 3. The van der Waals surface area contributed by atoms with Gasteiger partial charge in [-0.15, -0.1) is 0 Å². The third-order valence-corrected chi connectivity index (χ3v) is 4.76. The van der Waals surface area contributed by atoms with Crippen molar-refractivity contribution in [3.63, 3.8) is 0 Å². The van der Waals surface area contributed by atoms with E-state index in [9.17, 15) is 4.55 Å². The lowest BCUT2D eigenvalue weighted by atomic mass is 10.0. The molecule has 0 aliphatic rings. The Balaban J connectivity index is 2.01. The summed E-state index contributed by atoms with van der Waals surface area (Å²) in [5, 5.41) is 0. The van der Waals surface area contributed by atoms with Gasteiger partial charge in [-0.25, -0.2) is 0 Å². The number of pyridine rings is 1. The zero-order valence-electron chi connectivity index (χ0n) is 14.2. The molecule has 0 spiro atoms. The Kier molecular flexibility index (Phi) is 5.97. The zero-order valence-corrected chi connectivity index (χ0v) is 15.1. The number of benzene rings is 1. The minimum atomic E-state index is -1.22. The van der Waals surface area contributed by atoms with Crippen molar-refractivity contribution in [2.75, 3.05) is 0 Å². The van der Waals surface area contributed by atoms with Gasteiger partial charge in [0.15, 0.2) is 0 Å². The molecule has 1 atom stereocenters. The molecule has 0 bridgehead atoms. The van der Waals surface area contributed by atoms with Crippen molar-refractivity contribution in [1.82, 2.24) is 4.98 Å². The Labute approximate surface area is 142 Å². The summed E-state index contributed by atoms with van der Waals surface area (Å²) >= 11 is -1.22. The molecule has 0 radical (unpaired) electrons. The topological polar surface area (TPSA) is 48.3 Å². The Bertz CT molecular complexity index is 677. The van der Waals surface area contributed by atoms with Crippen LogP contribution in [0.2, 0.25) is 0 Å². The van der Waals surface area contributed by atoms with Gasteiger partial charge in [-0.05, 0) is 69.4 Å². The Morgan fingerprint density at radius 3 is 2.65 bits per heavy atom. The van der Waals surface area contributed by atoms with Crippen LogP contribution in [-0.2, 0) is 24.2 Å². The van der Waals surface area contributed by atoms with Gasteiger partial charge in [-0.2, -0.15) is 0 Å². The summed E-state index contributed by atoms with van der Waals surface area (Å²) in [7, 11) is 0. The quantitative estimate of drug-likeness (QED) is 0.614. The van der Waals surface area contributed by atoms with Crippen molar-refractivity contribution in [2.24, 2.45) is 4.40 Å². The summed E-state index contributed by atoms with van der Waals surface area (Å²) in [6.07, 6.45) is 5.40. The van der Waals surface area contributed by atoms with Gasteiger partial charge in [0.25, 0.3) is 0 Å². The highest BCUT2D eigenvalue weighted by Gasteiger charge is 2.25. The van der Waals surface area contributed by atoms with Crippen LogP contribution >= 0.6 is 0 Å². The highest BCUT2D eigenvalue weighted by Crippen LogP contribution is 2.17. The third kappa shape index (κ3) is 5.81. The number of nitrogens with zero attached hydrogens (tertiary/aromatic N) is 2. The van der Waals surface area contributed by atoms with Gasteiger partial charge >= 0.3 is 0 Å². The first-order valence-electron chi connectivity index (χ1n) is 7.81. The van der Waals surface area contributed by atoms with E-state index in [0.29, 0.717) is 0 Å². The lowest BCUT2D eigenvalue weighted by molar-refractivity contribution is 0.562. The normalized spacial score (nSPS) is 13.4. The van der Waals surface area contributed by atoms with Crippen molar-refractivity contribution in [3.05, 3.63) is 65.0 Å². The van der Waals surface area contributed by atoms with Crippen molar-refractivity contribution in [1.29, 1.82) is 0 Å². The van der Waals surface area contributed by atoms with Gasteiger partial charge in [0.05, 0.1) is 6.21 Å². The van der Waals surface area contributed by atoms with Crippen LogP contribution in [0.4, 0.5) is 0 Å². The number of hydrogen-bond donors (Lipinski definition) is 0. The molecule has 0 saturated heterocycles. The van der Waals surface area contributed by atoms with Crippen LogP contribution in [0.5, 0.6) is 0 Å². The van der Waals surface area contributed by atoms with E-state index in [1.54, 1.807) is 6.21 Å². The smallest absolute Gasteiger partial charge is 0.144 e. The number of aromatic nitrogens is 1. The second-order valence-electron chi connectivity index (χ2n) is 6.67. The van der Waals surface area contributed by atoms with Crippen molar-refractivity contribution < 1.29 is 4.55 Å². The number of hydrogen-bond acceptors (Lipinski definition) is 3. The standard InChI is InChI=1S/C19H24N2OS/c1-15-10-11-20-18(12-15)9-8-16-6-5-7-17(13-16)14-21-23(22)19(2,3)4/h5-7,10-14H,8-9H2,1-4H3/b21-14+. The predicted octanol–water partition coefficient (Wildman–Crippen LogP) is 4.06. The molecule has 0 aliphatic heterocycles. The molecule has 0 aliphatic carbocycles. The molecule has 0 amide bonds. The molecule has 3 nitrogen and oxygen atoms in total.